The molecule has 8 heteroatoms. The Bertz CT molecular complexity index is 997. The highest BCUT2D eigenvalue weighted by Gasteiger charge is 2.29. The molecule has 5 rings (SSSR count). The maximum atomic E-state index is 4.78. The molecule has 152 valence electrons. The number of nitrogens with zero attached hydrogens (tertiary/aromatic N) is 7. The van der Waals surface area contributed by atoms with Crippen molar-refractivity contribution >= 4 is 28.6 Å². The minimum absolute atomic E-state index is 0.347. The summed E-state index contributed by atoms with van der Waals surface area (Å²) in [5.74, 6) is 2.33. The number of fused-ring (bicyclic) bond motifs is 2. The lowest BCUT2D eigenvalue weighted by molar-refractivity contribution is 0.133. The molecule has 1 N–H and O–H groups in total. The van der Waals surface area contributed by atoms with E-state index in [0.29, 0.717) is 12.1 Å². The van der Waals surface area contributed by atoms with Gasteiger partial charge in [-0.25, -0.2) is 15.0 Å². The molecule has 2 saturated heterocycles. The Kier molecular flexibility index (Phi) is 4.79. The number of pyridine rings is 1. The number of rotatable bonds is 4. The maximum absolute atomic E-state index is 4.78. The molecule has 2 fully saturated rings. The van der Waals surface area contributed by atoms with Crippen molar-refractivity contribution in [2.45, 2.75) is 45.2 Å². The molecule has 0 saturated carbocycles. The molecule has 5 heterocycles. The minimum atomic E-state index is 0.347. The zero-order chi connectivity index (χ0) is 19.8. The lowest BCUT2D eigenvalue weighted by Gasteiger charge is -2.44. The van der Waals surface area contributed by atoms with E-state index in [0.717, 1.165) is 48.3 Å². The first-order chi connectivity index (χ1) is 14.2. The fourth-order valence-electron chi connectivity index (χ4n) is 4.45. The molecular weight excluding hydrogens is 364 g/mol. The zero-order valence-electron chi connectivity index (χ0n) is 17.1. The summed E-state index contributed by atoms with van der Waals surface area (Å²) < 4.78 is 2.15. The fraction of sp³-hybridized carbons (Fsp3) is 0.524. The van der Waals surface area contributed by atoms with E-state index < -0.39 is 0 Å². The molecule has 0 aromatic carbocycles. The molecule has 1 atom stereocenters. The summed E-state index contributed by atoms with van der Waals surface area (Å²) >= 11 is 0. The molecule has 29 heavy (non-hydrogen) atoms. The number of nitrogens with one attached hydrogen (secondary N) is 1. The lowest BCUT2D eigenvalue weighted by Crippen LogP contribution is -2.55. The van der Waals surface area contributed by atoms with Crippen LogP contribution in [-0.4, -0.2) is 61.6 Å². The maximum Gasteiger partial charge on any atom is 0.227 e. The molecule has 0 bridgehead atoms. The Morgan fingerprint density at radius 2 is 2.00 bits per heavy atom. The van der Waals surface area contributed by atoms with E-state index in [1.165, 1.54) is 25.8 Å². The first-order valence-corrected chi connectivity index (χ1v) is 10.6. The topological polar surface area (TPSA) is 75.0 Å². The predicted octanol–water partition coefficient (Wildman–Crippen LogP) is 3.22. The highest BCUT2D eigenvalue weighted by atomic mass is 15.3. The van der Waals surface area contributed by atoms with E-state index in [4.69, 9.17) is 4.98 Å². The molecule has 3 aromatic heterocycles. The van der Waals surface area contributed by atoms with Crippen molar-refractivity contribution in [3.8, 4) is 0 Å². The van der Waals surface area contributed by atoms with Crippen molar-refractivity contribution in [3.05, 3.63) is 30.9 Å². The van der Waals surface area contributed by atoms with Crippen LogP contribution in [0.5, 0.6) is 0 Å². The Hall–Kier alpha value is -2.74. The molecule has 2 aliphatic heterocycles. The van der Waals surface area contributed by atoms with E-state index in [2.05, 4.69) is 48.5 Å². The summed E-state index contributed by atoms with van der Waals surface area (Å²) in [7, 11) is 0. The normalized spacial score (nSPS) is 20.2. The van der Waals surface area contributed by atoms with Crippen LogP contribution in [0.15, 0.2) is 30.9 Å². The van der Waals surface area contributed by atoms with Crippen LogP contribution < -0.4 is 10.2 Å². The predicted molar refractivity (Wildman–Crippen MR) is 115 cm³/mol. The van der Waals surface area contributed by atoms with Crippen LogP contribution in [0.1, 0.15) is 39.2 Å². The number of aromatic nitrogens is 5. The fourth-order valence-corrected chi connectivity index (χ4v) is 4.45. The highest BCUT2D eigenvalue weighted by molar-refractivity contribution is 5.78. The number of hydrogen-bond acceptors (Lipinski definition) is 7. The number of piperazine rings is 1. The van der Waals surface area contributed by atoms with Gasteiger partial charge in [0, 0.05) is 44.0 Å². The molecular formula is C21H28N8. The third kappa shape index (κ3) is 3.64. The van der Waals surface area contributed by atoms with E-state index in [9.17, 15) is 0 Å². The van der Waals surface area contributed by atoms with Crippen molar-refractivity contribution in [3.63, 3.8) is 0 Å². The molecule has 3 aromatic rings. The lowest BCUT2D eigenvalue weighted by atomic mass is 10.00. The smallest absolute Gasteiger partial charge is 0.227 e. The monoisotopic (exact) mass is 392 g/mol. The molecule has 0 spiro atoms. The van der Waals surface area contributed by atoms with Gasteiger partial charge in [-0.3, -0.25) is 4.90 Å². The highest BCUT2D eigenvalue weighted by Crippen LogP contribution is 2.25. The average Bonchev–Trinajstić information content (AvgIpc) is 3.17. The number of hydrogen-bond donors (Lipinski definition) is 1. The Morgan fingerprint density at radius 1 is 1.07 bits per heavy atom. The van der Waals surface area contributed by atoms with E-state index in [1.807, 2.05) is 24.7 Å². The third-order valence-corrected chi connectivity index (χ3v) is 6.04. The van der Waals surface area contributed by atoms with Crippen LogP contribution in [-0.2, 0) is 0 Å². The van der Waals surface area contributed by atoms with Crippen molar-refractivity contribution < 1.29 is 0 Å². The van der Waals surface area contributed by atoms with E-state index in [-0.39, 0.29) is 0 Å². The van der Waals surface area contributed by atoms with Gasteiger partial charge in [-0.2, -0.15) is 4.98 Å². The van der Waals surface area contributed by atoms with Gasteiger partial charge >= 0.3 is 0 Å². The van der Waals surface area contributed by atoms with Crippen LogP contribution in [0.25, 0.3) is 11.0 Å². The third-order valence-electron chi connectivity index (χ3n) is 6.04. The summed E-state index contributed by atoms with van der Waals surface area (Å²) in [6.07, 6.45) is 9.45. The van der Waals surface area contributed by atoms with Gasteiger partial charge in [-0.1, -0.05) is 6.42 Å². The minimum Gasteiger partial charge on any atom is -0.338 e. The van der Waals surface area contributed by atoms with Gasteiger partial charge in [-0.05, 0) is 39.3 Å². The Morgan fingerprint density at radius 3 is 2.90 bits per heavy atom. The van der Waals surface area contributed by atoms with E-state index >= 15 is 0 Å². The second kappa shape index (κ2) is 7.59. The summed E-state index contributed by atoms with van der Waals surface area (Å²) in [5, 5.41) is 3.35. The number of anilines is 3. The first-order valence-electron chi connectivity index (χ1n) is 10.6. The second-order valence-electron chi connectivity index (χ2n) is 8.30. The van der Waals surface area contributed by atoms with Crippen molar-refractivity contribution in [1.29, 1.82) is 0 Å². The van der Waals surface area contributed by atoms with Crippen LogP contribution in [0.2, 0.25) is 0 Å². The summed E-state index contributed by atoms with van der Waals surface area (Å²) in [6.45, 7) is 8.64. The molecule has 0 radical (unpaired) electrons. The SMILES string of the molecule is CC(C)n1cnc2cnc(Nc3ccnc(N4CCN5CCCCC5C4)n3)cc21. The van der Waals surface area contributed by atoms with Crippen molar-refractivity contribution in [2.75, 3.05) is 36.4 Å². The molecule has 1 unspecified atom stereocenters. The summed E-state index contributed by atoms with van der Waals surface area (Å²) in [4.78, 5) is 23.2. The van der Waals surface area contributed by atoms with Crippen LogP contribution in [0.3, 0.4) is 0 Å². The van der Waals surface area contributed by atoms with Crippen LogP contribution in [0, 0.1) is 0 Å². The standard InChI is InChI=1S/C21H28N8/c1-15(2)29-14-24-17-12-23-20(11-18(17)29)25-19-6-7-22-21(26-19)28-10-9-27-8-4-3-5-16(27)13-28/h6-7,11-12,14-16H,3-5,8-10,13H2,1-2H3,(H,22,23,25,26). The Labute approximate surface area is 171 Å². The number of piperidine rings is 1. The Balaban J connectivity index is 1.35. The van der Waals surface area contributed by atoms with E-state index in [1.54, 1.807) is 6.20 Å². The summed E-state index contributed by atoms with van der Waals surface area (Å²) in [5.41, 5.74) is 1.97. The largest absolute Gasteiger partial charge is 0.338 e. The van der Waals surface area contributed by atoms with Gasteiger partial charge in [0.25, 0.3) is 0 Å². The van der Waals surface area contributed by atoms with Crippen molar-refractivity contribution in [1.82, 2.24) is 29.4 Å². The van der Waals surface area contributed by atoms with Gasteiger partial charge < -0.3 is 14.8 Å². The van der Waals surface area contributed by atoms with Crippen LogP contribution >= 0.6 is 0 Å². The quantitative estimate of drug-likeness (QED) is 0.731. The average molecular weight is 393 g/mol. The molecule has 0 amide bonds. The molecule has 2 aliphatic rings. The van der Waals surface area contributed by atoms with Gasteiger partial charge in [0.1, 0.15) is 17.2 Å². The van der Waals surface area contributed by atoms with Gasteiger partial charge in [0.2, 0.25) is 5.95 Å². The zero-order valence-corrected chi connectivity index (χ0v) is 17.1. The van der Waals surface area contributed by atoms with Gasteiger partial charge in [-0.15, -0.1) is 0 Å². The van der Waals surface area contributed by atoms with Crippen LogP contribution in [0.4, 0.5) is 17.6 Å². The number of imidazole rings is 1. The van der Waals surface area contributed by atoms with Gasteiger partial charge in [0.05, 0.1) is 18.0 Å². The molecule has 0 aliphatic carbocycles. The van der Waals surface area contributed by atoms with Crippen molar-refractivity contribution in [2.24, 2.45) is 0 Å². The second-order valence-corrected chi connectivity index (χ2v) is 8.30. The van der Waals surface area contributed by atoms with Gasteiger partial charge in [0.15, 0.2) is 0 Å². The molecule has 8 nitrogen and oxygen atoms in total. The summed E-state index contributed by atoms with van der Waals surface area (Å²) in [6, 6.07) is 4.91. The first kappa shape index (κ1) is 18.3.